The number of nitrogens with zero attached hydrogens (tertiary/aromatic N) is 3. The summed E-state index contributed by atoms with van der Waals surface area (Å²) in [6.07, 6.45) is 8.25. The second kappa shape index (κ2) is 6.90. The number of carbonyl (C=O) groups excluding carboxylic acids is 1. The normalized spacial score (nSPS) is 23.9. The Morgan fingerprint density at radius 2 is 1.93 bits per heavy atom. The van der Waals surface area contributed by atoms with Crippen LogP contribution in [0.5, 0.6) is 5.75 Å². The van der Waals surface area contributed by atoms with Crippen LogP contribution in [0.1, 0.15) is 80.6 Å². The van der Waals surface area contributed by atoms with Gasteiger partial charge in [-0.2, -0.15) is 4.98 Å². The summed E-state index contributed by atoms with van der Waals surface area (Å²) in [5.41, 5.74) is 0.694. The van der Waals surface area contributed by atoms with Crippen LogP contribution in [0.15, 0.2) is 28.8 Å². The van der Waals surface area contributed by atoms with Crippen molar-refractivity contribution in [2.24, 2.45) is 0 Å². The number of aromatic nitrogens is 2. The highest BCUT2D eigenvalue weighted by Crippen LogP contribution is 2.51. The van der Waals surface area contributed by atoms with Gasteiger partial charge in [0.25, 0.3) is 0 Å². The van der Waals surface area contributed by atoms with Gasteiger partial charge in [0.15, 0.2) is 5.82 Å². The molecule has 2 aromatic rings. The van der Waals surface area contributed by atoms with E-state index in [1.807, 2.05) is 29.2 Å². The summed E-state index contributed by atoms with van der Waals surface area (Å²) >= 11 is 0. The molecule has 0 radical (unpaired) electrons. The summed E-state index contributed by atoms with van der Waals surface area (Å²) in [4.78, 5) is 20.4. The maximum atomic E-state index is 13.7. The minimum Gasteiger partial charge on any atom is -0.497 e. The molecule has 28 heavy (non-hydrogen) atoms. The highest BCUT2D eigenvalue weighted by atomic mass is 16.5. The van der Waals surface area contributed by atoms with Crippen molar-refractivity contribution in [1.82, 2.24) is 15.0 Å². The number of carbonyl (C=O) groups is 1. The van der Waals surface area contributed by atoms with Crippen LogP contribution in [0.3, 0.4) is 0 Å². The first-order valence-corrected chi connectivity index (χ1v) is 10.5. The van der Waals surface area contributed by atoms with E-state index in [2.05, 4.69) is 10.1 Å². The molecule has 3 aliphatic rings. The molecule has 2 heterocycles. The number of ether oxygens (including phenoxy) is 1. The lowest BCUT2D eigenvalue weighted by atomic mass is 9.93. The fourth-order valence-electron chi connectivity index (χ4n) is 4.43. The zero-order valence-corrected chi connectivity index (χ0v) is 16.4. The molecule has 0 N–H and O–H groups in total. The molecular weight excluding hydrogens is 354 g/mol. The average Bonchev–Trinajstić information content (AvgIpc) is 3.65. The molecule has 0 spiro atoms. The van der Waals surface area contributed by atoms with Crippen molar-refractivity contribution in [3.05, 3.63) is 41.5 Å². The van der Waals surface area contributed by atoms with Crippen LogP contribution in [0.25, 0.3) is 0 Å². The van der Waals surface area contributed by atoms with Crippen molar-refractivity contribution in [3.8, 4) is 5.75 Å². The molecule has 1 amide bonds. The number of likely N-dealkylation sites (tertiary alicyclic amines) is 1. The van der Waals surface area contributed by atoms with E-state index in [0.717, 1.165) is 75.0 Å². The molecule has 148 valence electrons. The van der Waals surface area contributed by atoms with Gasteiger partial charge in [0.1, 0.15) is 11.8 Å². The molecule has 1 unspecified atom stereocenters. The zero-order chi connectivity index (χ0) is 19.1. The Morgan fingerprint density at radius 3 is 2.61 bits per heavy atom. The quantitative estimate of drug-likeness (QED) is 0.779. The first-order chi connectivity index (χ1) is 13.7. The third kappa shape index (κ3) is 3.09. The van der Waals surface area contributed by atoms with E-state index in [1.165, 1.54) is 0 Å². The molecular formula is C22H27N3O3. The molecule has 5 rings (SSSR count). The number of amides is 1. The Kier molecular flexibility index (Phi) is 4.37. The number of methoxy groups -OCH3 is 1. The fraction of sp³-hybridized carbons (Fsp3) is 0.591. The van der Waals surface area contributed by atoms with Crippen LogP contribution in [-0.4, -0.2) is 34.6 Å². The molecule has 1 aliphatic heterocycles. The molecule has 0 bridgehead atoms. The van der Waals surface area contributed by atoms with E-state index in [1.54, 1.807) is 7.11 Å². The summed E-state index contributed by atoms with van der Waals surface area (Å²) in [5.74, 6) is 2.95. The van der Waals surface area contributed by atoms with Gasteiger partial charge in [-0.3, -0.25) is 4.79 Å². The standard InChI is InChI=1S/C22H27N3O3/c1-27-17-10-8-16(9-11-17)22(12-13-22)21(26)25-14-4-2-3-5-18(25)20-23-19(24-28-20)15-6-7-15/h8-11,15,18H,2-7,12-14H2,1H3. The highest BCUT2D eigenvalue weighted by Gasteiger charge is 2.54. The first kappa shape index (κ1) is 17.7. The Bertz CT molecular complexity index is 852. The van der Waals surface area contributed by atoms with Gasteiger partial charge in [-0.15, -0.1) is 0 Å². The van der Waals surface area contributed by atoms with E-state index in [0.29, 0.717) is 11.8 Å². The molecule has 3 fully saturated rings. The van der Waals surface area contributed by atoms with Gasteiger partial charge in [-0.05, 0) is 56.2 Å². The van der Waals surface area contributed by atoms with Gasteiger partial charge in [0.05, 0.1) is 12.5 Å². The van der Waals surface area contributed by atoms with Gasteiger partial charge >= 0.3 is 0 Å². The SMILES string of the molecule is COc1ccc(C2(C(=O)N3CCCCCC3c3nc(C4CC4)no3)CC2)cc1. The molecule has 6 heteroatoms. The van der Waals surface area contributed by atoms with Crippen LogP contribution in [0.4, 0.5) is 0 Å². The second-order valence-electron chi connectivity index (χ2n) is 8.44. The van der Waals surface area contributed by atoms with Crippen molar-refractivity contribution in [2.75, 3.05) is 13.7 Å². The molecule has 6 nitrogen and oxygen atoms in total. The second-order valence-corrected chi connectivity index (χ2v) is 8.44. The lowest BCUT2D eigenvalue weighted by Gasteiger charge is -2.31. The molecule has 1 saturated heterocycles. The minimum absolute atomic E-state index is 0.0919. The smallest absolute Gasteiger partial charge is 0.249 e. The topological polar surface area (TPSA) is 68.5 Å². The lowest BCUT2D eigenvalue weighted by Crippen LogP contribution is -2.41. The molecule has 1 aromatic heterocycles. The fourth-order valence-corrected chi connectivity index (χ4v) is 4.43. The van der Waals surface area contributed by atoms with E-state index in [-0.39, 0.29) is 11.9 Å². The van der Waals surface area contributed by atoms with E-state index < -0.39 is 5.41 Å². The summed E-state index contributed by atoms with van der Waals surface area (Å²) in [6.45, 7) is 0.766. The van der Waals surface area contributed by atoms with Crippen LogP contribution < -0.4 is 4.74 Å². The van der Waals surface area contributed by atoms with Crippen molar-refractivity contribution < 1.29 is 14.1 Å². The van der Waals surface area contributed by atoms with Gasteiger partial charge in [-0.1, -0.05) is 30.1 Å². The molecule has 2 aliphatic carbocycles. The first-order valence-electron chi connectivity index (χ1n) is 10.5. The monoisotopic (exact) mass is 381 g/mol. The molecule has 1 aromatic carbocycles. The number of benzene rings is 1. The third-order valence-corrected chi connectivity index (χ3v) is 6.50. The maximum absolute atomic E-state index is 13.7. The molecule has 2 saturated carbocycles. The summed E-state index contributed by atoms with van der Waals surface area (Å²) < 4.78 is 10.9. The van der Waals surface area contributed by atoms with Crippen molar-refractivity contribution in [3.63, 3.8) is 0 Å². The minimum atomic E-state index is -0.395. The Labute approximate surface area is 165 Å². The summed E-state index contributed by atoms with van der Waals surface area (Å²) in [6, 6.07) is 7.87. The largest absolute Gasteiger partial charge is 0.497 e. The van der Waals surface area contributed by atoms with Crippen molar-refractivity contribution >= 4 is 5.91 Å². The Morgan fingerprint density at radius 1 is 1.14 bits per heavy atom. The number of hydrogen-bond donors (Lipinski definition) is 0. The van der Waals surface area contributed by atoms with Crippen LogP contribution in [0.2, 0.25) is 0 Å². The predicted molar refractivity (Wildman–Crippen MR) is 103 cm³/mol. The van der Waals surface area contributed by atoms with Gasteiger partial charge < -0.3 is 14.2 Å². The number of hydrogen-bond acceptors (Lipinski definition) is 5. The van der Waals surface area contributed by atoms with Crippen LogP contribution >= 0.6 is 0 Å². The summed E-state index contributed by atoms with van der Waals surface area (Å²) in [7, 11) is 1.66. The van der Waals surface area contributed by atoms with E-state index in [9.17, 15) is 4.79 Å². The number of rotatable bonds is 5. The average molecular weight is 381 g/mol. The third-order valence-electron chi connectivity index (χ3n) is 6.50. The zero-order valence-electron chi connectivity index (χ0n) is 16.4. The van der Waals surface area contributed by atoms with Crippen molar-refractivity contribution in [2.45, 2.75) is 68.7 Å². The maximum Gasteiger partial charge on any atom is 0.249 e. The summed E-state index contributed by atoms with van der Waals surface area (Å²) in [5, 5.41) is 4.19. The van der Waals surface area contributed by atoms with Crippen LogP contribution in [-0.2, 0) is 10.2 Å². The Hall–Kier alpha value is -2.37. The lowest BCUT2D eigenvalue weighted by molar-refractivity contribution is -0.137. The van der Waals surface area contributed by atoms with Gasteiger partial charge in [0, 0.05) is 12.5 Å². The van der Waals surface area contributed by atoms with Crippen molar-refractivity contribution in [1.29, 1.82) is 0 Å². The van der Waals surface area contributed by atoms with Crippen LogP contribution in [0, 0.1) is 0 Å². The highest BCUT2D eigenvalue weighted by molar-refractivity contribution is 5.91. The van der Waals surface area contributed by atoms with Gasteiger partial charge in [-0.25, -0.2) is 0 Å². The predicted octanol–water partition coefficient (Wildman–Crippen LogP) is 4.13. The Balaban J connectivity index is 1.43. The van der Waals surface area contributed by atoms with Gasteiger partial charge in [0.2, 0.25) is 11.8 Å². The molecule has 1 atom stereocenters. The van der Waals surface area contributed by atoms with E-state index >= 15 is 0 Å². The van der Waals surface area contributed by atoms with E-state index in [4.69, 9.17) is 9.26 Å².